The SMILES string of the molecule is C=C(CC)CC(=O)c1cn(C2CNC2)nn1. The van der Waals surface area contributed by atoms with Crippen LogP contribution < -0.4 is 5.32 Å². The van der Waals surface area contributed by atoms with Gasteiger partial charge in [-0.15, -0.1) is 5.10 Å². The number of aromatic nitrogens is 3. The Kier molecular flexibility index (Phi) is 3.14. The van der Waals surface area contributed by atoms with Crippen LogP contribution in [0.1, 0.15) is 36.3 Å². The Morgan fingerprint density at radius 1 is 1.69 bits per heavy atom. The Morgan fingerprint density at radius 2 is 2.44 bits per heavy atom. The van der Waals surface area contributed by atoms with Gasteiger partial charge in [-0.3, -0.25) is 4.79 Å². The Balaban J connectivity index is 2.00. The highest BCUT2D eigenvalue weighted by atomic mass is 16.1. The fourth-order valence-electron chi connectivity index (χ4n) is 1.49. The van der Waals surface area contributed by atoms with E-state index in [9.17, 15) is 4.79 Å². The standard InChI is InChI=1S/C11H16N4O/c1-3-8(2)4-11(16)10-7-15(14-13-10)9-5-12-6-9/h7,9,12H,2-6H2,1H3. The number of rotatable bonds is 5. The minimum Gasteiger partial charge on any atom is -0.312 e. The largest absolute Gasteiger partial charge is 0.312 e. The van der Waals surface area contributed by atoms with Crippen LogP contribution in [-0.2, 0) is 0 Å². The summed E-state index contributed by atoms with van der Waals surface area (Å²) < 4.78 is 1.76. The normalized spacial score (nSPS) is 15.8. The second-order valence-electron chi connectivity index (χ2n) is 4.10. The van der Waals surface area contributed by atoms with Gasteiger partial charge in [-0.1, -0.05) is 24.3 Å². The van der Waals surface area contributed by atoms with E-state index in [1.807, 2.05) is 6.92 Å². The molecule has 1 saturated heterocycles. The molecule has 16 heavy (non-hydrogen) atoms. The van der Waals surface area contributed by atoms with Crippen molar-refractivity contribution in [3.05, 3.63) is 24.0 Å². The second kappa shape index (κ2) is 4.57. The smallest absolute Gasteiger partial charge is 0.188 e. The van der Waals surface area contributed by atoms with Crippen molar-refractivity contribution in [1.82, 2.24) is 20.3 Å². The van der Waals surface area contributed by atoms with Crippen molar-refractivity contribution in [2.24, 2.45) is 0 Å². The van der Waals surface area contributed by atoms with Crippen LogP contribution in [0.25, 0.3) is 0 Å². The summed E-state index contributed by atoms with van der Waals surface area (Å²) in [6, 6.07) is 0.350. The predicted molar refractivity (Wildman–Crippen MR) is 60.3 cm³/mol. The van der Waals surface area contributed by atoms with Gasteiger partial charge in [0, 0.05) is 19.5 Å². The number of Topliss-reactive ketones (excluding diaryl/α,β-unsaturated/α-hetero) is 1. The zero-order valence-corrected chi connectivity index (χ0v) is 9.44. The summed E-state index contributed by atoms with van der Waals surface area (Å²) in [6.07, 6.45) is 2.93. The lowest BCUT2D eigenvalue weighted by Gasteiger charge is -2.26. The van der Waals surface area contributed by atoms with Gasteiger partial charge in [-0.05, 0) is 6.42 Å². The second-order valence-corrected chi connectivity index (χ2v) is 4.10. The van der Waals surface area contributed by atoms with Crippen molar-refractivity contribution in [3.8, 4) is 0 Å². The van der Waals surface area contributed by atoms with Crippen LogP contribution in [0.4, 0.5) is 0 Å². The molecule has 1 aliphatic rings. The number of hydrogen-bond donors (Lipinski definition) is 1. The Labute approximate surface area is 94.5 Å². The maximum atomic E-state index is 11.8. The number of carbonyl (C=O) groups excluding carboxylic acids is 1. The summed E-state index contributed by atoms with van der Waals surface area (Å²) in [6.45, 7) is 7.62. The molecule has 0 atom stereocenters. The van der Waals surface area contributed by atoms with Crippen molar-refractivity contribution in [3.63, 3.8) is 0 Å². The third-order valence-corrected chi connectivity index (χ3v) is 2.84. The van der Waals surface area contributed by atoms with E-state index in [1.54, 1.807) is 10.9 Å². The molecule has 0 saturated carbocycles. The highest BCUT2D eigenvalue weighted by molar-refractivity contribution is 5.95. The fraction of sp³-hybridized carbons (Fsp3) is 0.545. The number of nitrogens with one attached hydrogen (secondary N) is 1. The van der Waals surface area contributed by atoms with Crippen LogP contribution in [0.5, 0.6) is 0 Å². The van der Waals surface area contributed by atoms with Crippen LogP contribution in [0.2, 0.25) is 0 Å². The number of nitrogens with zero attached hydrogens (tertiary/aromatic N) is 3. The van der Waals surface area contributed by atoms with E-state index >= 15 is 0 Å². The van der Waals surface area contributed by atoms with E-state index in [-0.39, 0.29) is 5.78 Å². The van der Waals surface area contributed by atoms with E-state index in [0.29, 0.717) is 18.2 Å². The molecule has 1 N–H and O–H groups in total. The maximum absolute atomic E-state index is 11.8. The molecule has 5 nitrogen and oxygen atoms in total. The Bertz CT molecular complexity index is 406. The molecular weight excluding hydrogens is 204 g/mol. The van der Waals surface area contributed by atoms with Gasteiger partial charge < -0.3 is 5.32 Å². The van der Waals surface area contributed by atoms with E-state index in [0.717, 1.165) is 25.1 Å². The first-order chi connectivity index (χ1) is 7.70. The van der Waals surface area contributed by atoms with Crippen molar-refractivity contribution in [1.29, 1.82) is 0 Å². The van der Waals surface area contributed by atoms with E-state index in [1.165, 1.54) is 0 Å². The molecule has 0 radical (unpaired) electrons. The highest BCUT2D eigenvalue weighted by Gasteiger charge is 2.21. The summed E-state index contributed by atoms with van der Waals surface area (Å²) in [4.78, 5) is 11.8. The third-order valence-electron chi connectivity index (χ3n) is 2.84. The number of allylic oxidation sites excluding steroid dienone is 1. The maximum Gasteiger partial charge on any atom is 0.188 e. The topological polar surface area (TPSA) is 59.8 Å². The van der Waals surface area contributed by atoms with Crippen LogP contribution in [0.15, 0.2) is 18.3 Å². The summed E-state index contributed by atoms with van der Waals surface area (Å²) in [5.74, 6) is 0.00498. The van der Waals surface area contributed by atoms with Crippen LogP contribution >= 0.6 is 0 Å². The van der Waals surface area contributed by atoms with Gasteiger partial charge in [0.1, 0.15) is 5.69 Å². The van der Waals surface area contributed by atoms with E-state index in [2.05, 4.69) is 22.2 Å². The fourth-order valence-corrected chi connectivity index (χ4v) is 1.49. The molecule has 0 spiro atoms. The predicted octanol–water partition coefficient (Wildman–Crippen LogP) is 0.961. The Morgan fingerprint density at radius 3 is 3.00 bits per heavy atom. The zero-order chi connectivity index (χ0) is 11.5. The van der Waals surface area contributed by atoms with Crippen LogP contribution in [0, 0.1) is 0 Å². The number of ketones is 1. The Hall–Kier alpha value is -1.49. The molecule has 2 heterocycles. The molecule has 1 aromatic heterocycles. The molecule has 0 amide bonds. The molecule has 0 aromatic carbocycles. The van der Waals surface area contributed by atoms with E-state index < -0.39 is 0 Å². The van der Waals surface area contributed by atoms with E-state index in [4.69, 9.17) is 0 Å². The lowest BCUT2D eigenvalue weighted by Crippen LogP contribution is -2.43. The highest BCUT2D eigenvalue weighted by Crippen LogP contribution is 2.12. The summed E-state index contributed by atoms with van der Waals surface area (Å²) in [5.41, 5.74) is 1.38. The molecule has 1 aliphatic heterocycles. The average molecular weight is 220 g/mol. The summed E-state index contributed by atoms with van der Waals surface area (Å²) in [5, 5.41) is 11.0. The van der Waals surface area contributed by atoms with Crippen LogP contribution in [0.3, 0.4) is 0 Å². The first-order valence-corrected chi connectivity index (χ1v) is 5.53. The van der Waals surface area contributed by atoms with Crippen LogP contribution in [-0.4, -0.2) is 33.9 Å². The number of carbonyl (C=O) groups is 1. The van der Waals surface area contributed by atoms with Gasteiger partial charge in [0.05, 0.1) is 12.2 Å². The van der Waals surface area contributed by atoms with Gasteiger partial charge in [-0.2, -0.15) is 0 Å². The zero-order valence-electron chi connectivity index (χ0n) is 9.44. The summed E-state index contributed by atoms with van der Waals surface area (Å²) >= 11 is 0. The summed E-state index contributed by atoms with van der Waals surface area (Å²) in [7, 11) is 0. The number of hydrogen-bond acceptors (Lipinski definition) is 4. The van der Waals surface area contributed by atoms with Crippen molar-refractivity contribution in [2.75, 3.05) is 13.1 Å². The van der Waals surface area contributed by atoms with Crippen molar-refractivity contribution >= 4 is 5.78 Å². The lowest BCUT2D eigenvalue weighted by atomic mass is 10.1. The molecule has 0 bridgehead atoms. The minimum absolute atomic E-state index is 0.00498. The molecular formula is C11H16N4O. The molecule has 0 aliphatic carbocycles. The van der Waals surface area contributed by atoms with Crippen molar-refractivity contribution < 1.29 is 4.79 Å². The van der Waals surface area contributed by atoms with Gasteiger partial charge in [0.2, 0.25) is 0 Å². The molecule has 0 unspecified atom stereocenters. The van der Waals surface area contributed by atoms with Crippen molar-refractivity contribution in [2.45, 2.75) is 25.8 Å². The molecule has 1 aromatic rings. The molecule has 86 valence electrons. The lowest BCUT2D eigenvalue weighted by molar-refractivity contribution is 0.0987. The quantitative estimate of drug-likeness (QED) is 0.593. The average Bonchev–Trinajstić information content (AvgIpc) is 2.64. The minimum atomic E-state index is 0.00498. The van der Waals surface area contributed by atoms with Gasteiger partial charge in [0.15, 0.2) is 5.78 Å². The first kappa shape index (κ1) is 11.0. The first-order valence-electron chi connectivity index (χ1n) is 5.53. The van der Waals surface area contributed by atoms with Gasteiger partial charge >= 0.3 is 0 Å². The molecule has 2 rings (SSSR count). The third kappa shape index (κ3) is 2.19. The monoisotopic (exact) mass is 220 g/mol. The molecule has 1 fully saturated rings. The molecule has 5 heteroatoms. The van der Waals surface area contributed by atoms with Gasteiger partial charge in [0.25, 0.3) is 0 Å². The van der Waals surface area contributed by atoms with Gasteiger partial charge in [-0.25, -0.2) is 4.68 Å².